The Morgan fingerprint density at radius 2 is 1.60 bits per heavy atom. The van der Waals surface area contributed by atoms with Crippen molar-refractivity contribution in [3.8, 4) is 0 Å². The quantitative estimate of drug-likeness (QED) is 0.925. The van der Waals surface area contributed by atoms with Crippen molar-refractivity contribution in [3.05, 3.63) is 65.5 Å². The molecular formula is C18H15F3N2O2. The predicted octanol–water partition coefficient (Wildman–Crippen LogP) is 3.35. The lowest BCUT2D eigenvalue weighted by Crippen LogP contribution is -2.43. The number of carbonyl (C=O) groups is 2. The topological polar surface area (TPSA) is 49.4 Å². The van der Waals surface area contributed by atoms with Crippen LogP contribution in [0.5, 0.6) is 0 Å². The molecule has 0 bridgehead atoms. The van der Waals surface area contributed by atoms with Crippen LogP contribution in [0.25, 0.3) is 0 Å². The second kappa shape index (κ2) is 6.96. The smallest absolute Gasteiger partial charge is 0.257 e. The molecule has 2 aromatic rings. The van der Waals surface area contributed by atoms with Crippen LogP contribution in [0.15, 0.2) is 42.5 Å². The van der Waals surface area contributed by atoms with Crippen molar-refractivity contribution in [2.24, 2.45) is 0 Å². The highest BCUT2D eigenvalue weighted by molar-refractivity contribution is 6.01. The molecule has 1 N–H and O–H groups in total. The first-order valence-electron chi connectivity index (χ1n) is 7.79. The van der Waals surface area contributed by atoms with Crippen molar-refractivity contribution >= 4 is 17.5 Å². The van der Waals surface area contributed by atoms with Crippen LogP contribution < -0.4 is 5.32 Å². The summed E-state index contributed by atoms with van der Waals surface area (Å²) in [7, 11) is 0. The highest BCUT2D eigenvalue weighted by atomic mass is 19.1. The summed E-state index contributed by atoms with van der Waals surface area (Å²) in [6, 6.07) is 7.80. The van der Waals surface area contributed by atoms with Crippen LogP contribution >= 0.6 is 0 Å². The molecule has 1 unspecified atom stereocenters. The molecule has 2 amide bonds. The Kier molecular flexibility index (Phi) is 4.74. The second-order valence-electron chi connectivity index (χ2n) is 5.72. The van der Waals surface area contributed by atoms with Gasteiger partial charge >= 0.3 is 0 Å². The third-order valence-electron chi connectivity index (χ3n) is 4.13. The van der Waals surface area contributed by atoms with E-state index in [1.807, 2.05) is 0 Å². The third kappa shape index (κ3) is 3.35. The van der Waals surface area contributed by atoms with E-state index < -0.39 is 41.0 Å². The number of likely N-dealkylation sites (tertiary alicyclic amines) is 1. The van der Waals surface area contributed by atoms with Crippen LogP contribution in [0.4, 0.5) is 18.9 Å². The van der Waals surface area contributed by atoms with E-state index in [-0.39, 0.29) is 12.1 Å². The Balaban J connectivity index is 1.81. The number of rotatable bonds is 3. The van der Waals surface area contributed by atoms with E-state index in [0.717, 1.165) is 18.2 Å². The fourth-order valence-corrected chi connectivity index (χ4v) is 2.90. The van der Waals surface area contributed by atoms with E-state index in [0.29, 0.717) is 12.8 Å². The Labute approximate surface area is 142 Å². The SMILES string of the molecule is O=C(Nc1c(F)cccc1F)C1CCCN1C(=O)c1ccccc1F. The van der Waals surface area contributed by atoms with Crippen LogP contribution in [-0.4, -0.2) is 29.3 Å². The molecule has 4 nitrogen and oxygen atoms in total. The number of halogens is 3. The minimum Gasteiger partial charge on any atom is -0.327 e. The van der Waals surface area contributed by atoms with Crippen molar-refractivity contribution in [1.29, 1.82) is 0 Å². The predicted molar refractivity (Wildman–Crippen MR) is 85.4 cm³/mol. The fraction of sp³-hybridized carbons (Fsp3) is 0.222. The van der Waals surface area contributed by atoms with E-state index in [2.05, 4.69) is 5.32 Å². The van der Waals surface area contributed by atoms with E-state index in [1.165, 1.54) is 29.2 Å². The molecule has 1 atom stereocenters. The van der Waals surface area contributed by atoms with Gasteiger partial charge in [0.2, 0.25) is 5.91 Å². The molecule has 0 saturated carbocycles. The maximum atomic E-state index is 13.8. The average molecular weight is 348 g/mol. The number of carbonyl (C=O) groups excluding carboxylic acids is 2. The molecule has 130 valence electrons. The molecule has 25 heavy (non-hydrogen) atoms. The van der Waals surface area contributed by atoms with Crippen molar-refractivity contribution in [3.63, 3.8) is 0 Å². The van der Waals surface area contributed by atoms with Gasteiger partial charge in [0.25, 0.3) is 5.91 Å². The van der Waals surface area contributed by atoms with Gasteiger partial charge in [-0.1, -0.05) is 18.2 Å². The summed E-state index contributed by atoms with van der Waals surface area (Å²) >= 11 is 0. The molecule has 2 aromatic carbocycles. The maximum absolute atomic E-state index is 13.8. The van der Waals surface area contributed by atoms with Gasteiger partial charge in [0, 0.05) is 6.54 Å². The number of anilines is 1. The number of amides is 2. The molecule has 0 spiro atoms. The number of para-hydroxylation sites is 1. The highest BCUT2D eigenvalue weighted by Gasteiger charge is 2.35. The summed E-state index contributed by atoms with van der Waals surface area (Å²) < 4.78 is 41.2. The first kappa shape index (κ1) is 17.0. The third-order valence-corrected chi connectivity index (χ3v) is 4.13. The van der Waals surface area contributed by atoms with Crippen LogP contribution in [0.2, 0.25) is 0 Å². The molecule has 7 heteroatoms. The van der Waals surface area contributed by atoms with Crippen molar-refractivity contribution in [2.45, 2.75) is 18.9 Å². The summed E-state index contributed by atoms with van der Waals surface area (Å²) in [4.78, 5) is 26.2. The molecule has 3 rings (SSSR count). The molecule has 1 fully saturated rings. The molecule has 1 aliphatic heterocycles. The highest BCUT2D eigenvalue weighted by Crippen LogP contribution is 2.24. The van der Waals surface area contributed by atoms with Gasteiger partial charge in [-0.2, -0.15) is 0 Å². The van der Waals surface area contributed by atoms with E-state index >= 15 is 0 Å². The van der Waals surface area contributed by atoms with Gasteiger partial charge in [-0.15, -0.1) is 0 Å². The Hall–Kier alpha value is -2.83. The van der Waals surface area contributed by atoms with Crippen LogP contribution in [0.3, 0.4) is 0 Å². The minimum atomic E-state index is -0.911. The zero-order valence-electron chi connectivity index (χ0n) is 13.1. The van der Waals surface area contributed by atoms with Gasteiger partial charge in [-0.3, -0.25) is 9.59 Å². The van der Waals surface area contributed by atoms with Crippen LogP contribution in [0.1, 0.15) is 23.2 Å². The Morgan fingerprint density at radius 1 is 0.960 bits per heavy atom. The number of benzene rings is 2. The summed E-state index contributed by atoms with van der Waals surface area (Å²) in [5.41, 5.74) is -0.697. The average Bonchev–Trinajstić information content (AvgIpc) is 3.08. The fourth-order valence-electron chi connectivity index (χ4n) is 2.90. The second-order valence-corrected chi connectivity index (χ2v) is 5.72. The molecule has 1 heterocycles. The van der Waals surface area contributed by atoms with Crippen LogP contribution in [0, 0.1) is 17.5 Å². The van der Waals surface area contributed by atoms with Gasteiger partial charge in [0.05, 0.1) is 5.56 Å². The van der Waals surface area contributed by atoms with E-state index in [1.54, 1.807) is 0 Å². The van der Waals surface area contributed by atoms with Crippen LogP contribution in [-0.2, 0) is 4.79 Å². The molecule has 0 aliphatic carbocycles. The van der Waals surface area contributed by atoms with Gasteiger partial charge in [-0.25, -0.2) is 13.2 Å². The largest absolute Gasteiger partial charge is 0.327 e. The summed E-state index contributed by atoms with van der Waals surface area (Å²) in [6.07, 6.45) is 0.875. The van der Waals surface area contributed by atoms with Gasteiger partial charge in [0.1, 0.15) is 29.2 Å². The Morgan fingerprint density at radius 3 is 2.28 bits per heavy atom. The summed E-state index contributed by atoms with van der Waals surface area (Å²) in [5, 5.41) is 2.19. The zero-order chi connectivity index (χ0) is 18.0. The van der Waals surface area contributed by atoms with Gasteiger partial charge < -0.3 is 10.2 Å². The van der Waals surface area contributed by atoms with Crippen molar-refractivity contribution < 1.29 is 22.8 Å². The molecule has 1 saturated heterocycles. The lowest BCUT2D eigenvalue weighted by atomic mass is 10.1. The molecular weight excluding hydrogens is 333 g/mol. The summed E-state index contributed by atoms with van der Waals surface area (Å²) in [5.74, 6) is -3.81. The number of nitrogens with zero attached hydrogens (tertiary/aromatic N) is 1. The van der Waals surface area contributed by atoms with Gasteiger partial charge in [0.15, 0.2) is 0 Å². The first-order chi connectivity index (χ1) is 12.0. The van der Waals surface area contributed by atoms with E-state index in [4.69, 9.17) is 0 Å². The van der Waals surface area contributed by atoms with Gasteiger partial charge in [-0.05, 0) is 37.1 Å². The number of nitrogens with one attached hydrogen (secondary N) is 1. The lowest BCUT2D eigenvalue weighted by molar-refractivity contribution is -0.119. The number of hydrogen-bond donors (Lipinski definition) is 1. The summed E-state index contributed by atoms with van der Waals surface area (Å²) in [6.45, 7) is 0.269. The van der Waals surface area contributed by atoms with Crippen molar-refractivity contribution in [2.75, 3.05) is 11.9 Å². The number of hydrogen-bond acceptors (Lipinski definition) is 2. The zero-order valence-corrected chi connectivity index (χ0v) is 13.1. The Bertz CT molecular complexity index is 805. The normalized spacial score (nSPS) is 16.8. The van der Waals surface area contributed by atoms with E-state index in [9.17, 15) is 22.8 Å². The molecule has 1 aliphatic rings. The minimum absolute atomic E-state index is 0.140. The molecule has 0 aromatic heterocycles. The maximum Gasteiger partial charge on any atom is 0.257 e. The lowest BCUT2D eigenvalue weighted by Gasteiger charge is -2.24. The monoisotopic (exact) mass is 348 g/mol. The van der Waals surface area contributed by atoms with Crippen molar-refractivity contribution in [1.82, 2.24) is 4.90 Å². The standard InChI is InChI=1S/C18H15F3N2O2/c19-12-6-2-1-5-11(12)18(25)23-10-4-9-15(23)17(24)22-16-13(20)7-3-8-14(16)21/h1-3,5-8,15H,4,9-10H2,(H,22,24). The first-order valence-corrected chi connectivity index (χ1v) is 7.79. The molecule has 0 radical (unpaired) electrons.